The number of anilines is 1. The summed E-state index contributed by atoms with van der Waals surface area (Å²) in [4.78, 5) is 12.0. The summed E-state index contributed by atoms with van der Waals surface area (Å²) >= 11 is 0. The Bertz CT molecular complexity index is 626. The topological polar surface area (TPSA) is 66.9 Å². The highest BCUT2D eigenvalue weighted by molar-refractivity contribution is 5.92. The number of aromatic nitrogens is 2. The first-order valence-corrected chi connectivity index (χ1v) is 7.65. The Morgan fingerprint density at radius 3 is 2.48 bits per heavy atom. The number of halogens is 1. The number of nitrogens with zero attached hydrogens (tertiary/aromatic N) is 2. The first-order chi connectivity index (χ1) is 11.0. The Balaban J connectivity index is 1.80. The third-order valence-corrected chi connectivity index (χ3v) is 3.20. The van der Waals surface area contributed by atoms with Crippen molar-refractivity contribution in [1.82, 2.24) is 15.5 Å². The number of rotatable bonds is 7. The lowest BCUT2D eigenvalue weighted by Gasteiger charge is -2.08. The predicted molar refractivity (Wildman–Crippen MR) is 87.8 cm³/mol. The monoisotopic (exact) mass is 316 g/mol. The van der Waals surface area contributed by atoms with Crippen molar-refractivity contribution < 1.29 is 9.18 Å². The van der Waals surface area contributed by atoms with E-state index in [4.69, 9.17) is 0 Å². The Kier molecular flexibility index (Phi) is 6.02. The van der Waals surface area contributed by atoms with Gasteiger partial charge in [0.1, 0.15) is 11.6 Å². The molecule has 0 bridgehead atoms. The number of hydrogen-bond donors (Lipinski definition) is 2. The van der Waals surface area contributed by atoms with Crippen LogP contribution >= 0.6 is 0 Å². The van der Waals surface area contributed by atoms with Crippen molar-refractivity contribution in [2.24, 2.45) is 5.92 Å². The van der Waals surface area contributed by atoms with Crippen LogP contribution in [0, 0.1) is 11.7 Å². The molecule has 6 heteroatoms. The second-order valence-corrected chi connectivity index (χ2v) is 5.71. The van der Waals surface area contributed by atoms with Gasteiger partial charge in [-0.3, -0.25) is 4.79 Å². The highest BCUT2D eigenvalue weighted by atomic mass is 19.1. The second-order valence-electron chi connectivity index (χ2n) is 5.71. The van der Waals surface area contributed by atoms with Crippen LogP contribution in [0.15, 0.2) is 36.4 Å². The Morgan fingerprint density at radius 2 is 1.87 bits per heavy atom. The zero-order chi connectivity index (χ0) is 16.7. The van der Waals surface area contributed by atoms with Crippen molar-refractivity contribution in [2.45, 2.75) is 20.3 Å². The maximum Gasteiger partial charge on any atom is 0.271 e. The van der Waals surface area contributed by atoms with E-state index in [9.17, 15) is 9.18 Å². The van der Waals surface area contributed by atoms with Gasteiger partial charge in [-0.05, 0) is 42.2 Å². The van der Waals surface area contributed by atoms with Crippen molar-refractivity contribution in [1.29, 1.82) is 0 Å². The average molecular weight is 316 g/mol. The van der Waals surface area contributed by atoms with Crippen molar-refractivity contribution >= 4 is 11.7 Å². The summed E-state index contributed by atoms with van der Waals surface area (Å²) < 4.78 is 12.8. The molecule has 2 N–H and O–H groups in total. The molecule has 1 aromatic carbocycles. The Morgan fingerprint density at radius 1 is 1.13 bits per heavy atom. The molecule has 5 nitrogen and oxygen atoms in total. The zero-order valence-electron chi connectivity index (χ0n) is 13.3. The average Bonchev–Trinajstić information content (AvgIpc) is 2.55. The molecular weight excluding hydrogens is 295 g/mol. The molecule has 2 aromatic rings. The lowest BCUT2D eigenvalue weighted by Crippen LogP contribution is -2.26. The Labute approximate surface area is 135 Å². The smallest absolute Gasteiger partial charge is 0.271 e. The molecule has 23 heavy (non-hydrogen) atoms. The third kappa shape index (κ3) is 5.65. The highest BCUT2D eigenvalue weighted by Crippen LogP contribution is 2.05. The van der Waals surface area contributed by atoms with Gasteiger partial charge in [0.25, 0.3) is 5.91 Å². The zero-order valence-corrected chi connectivity index (χ0v) is 13.3. The van der Waals surface area contributed by atoms with E-state index in [1.165, 1.54) is 12.1 Å². The molecule has 0 aliphatic rings. The molecule has 0 unspecified atom stereocenters. The first kappa shape index (κ1) is 16.9. The van der Waals surface area contributed by atoms with E-state index >= 15 is 0 Å². The molecule has 0 saturated carbocycles. The minimum absolute atomic E-state index is 0.265. The minimum Gasteiger partial charge on any atom is -0.368 e. The van der Waals surface area contributed by atoms with Crippen molar-refractivity contribution in [3.8, 4) is 0 Å². The second kappa shape index (κ2) is 8.22. The van der Waals surface area contributed by atoms with Crippen LogP contribution in [-0.2, 0) is 6.42 Å². The van der Waals surface area contributed by atoms with Gasteiger partial charge >= 0.3 is 0 Å². The lowest BCUT2D eigenvalue weighted by atomic mass is 10.1. The van der Waals surface area contributed by atoms with E-state index in [2.05, 4.69) is 34.7 Å². The van der Waals surface area contributed by atoms with Gasteiger partial charge in [-0.15, -0.1) is 10.2 Å². The molecule has 0 spiro atoms. The molecule has 0 aliphatic carbocycles. The third-order valence-electron chi connectivity index (χ3n) is 3.20. The van der Waals surface area contributed by atoms with E-state index in [-0.39, 0.29) is 17.4 Å². The molecule has 122 valence electrons. The van der Waals surface area contributed by atoms with Gasteiger partial charge in [-0.1, -0.05) is 26.0 Å². The first-order valence-electron chi connectivity index (χ1n) is 7.65. The molecule has 0 radical (unpaired) electrons. The largest absolute Gasteiger partial charge is 0.368 e. The quantitative estimate of drug-likeness (QED) is 0.824. The van der Waals surface area contributed by atoms with Crippen LogP contribution in [0.1, 0.15) is 29.9 Å². The number of benzene rings is 1. The van der Waals surface area contributed by atoms with E-state index in [0.29, 0.717) is 24.7 Å². The summed E-state index contributed by atoms with van der Waals surface area (Å²) in [6.45, 7) is 5.46. The van der Waals surface area contributed by atoms with E-state index in [0.717, 1.165) is 12.1 Å². The molecule has 0 saturated heterocycles. The fraction of sp³-hybridized carbons (Fsp3) is 0.353. The van der Waals surface area contributed by atoms with E-state index in [1.807, 2.05) is 0 Å². The van der Waals surface area contributed by atoms with Crippen LogP contribution in [-0.4, -0.2) is 29.2 Å². The predicted octanol–water partition coefficient (Wildman–Crippen LogP) is 2.66. The molecule has 0 atom stereocenters. The van der Waals surface area contributed by atoms with E-state index < -0.39 is 0 Å². The standard InChI is InChI=1S/C17H21FN4O/c1-12(2)11-20-16-8-7-15(21-22-16)17(23)19-10-9-13-3-5-14(18)6-4-13/h3-8,12H,9-11H2,1-2H3,(H,19,23)(H,20,22). The van der Waals surface area contributed by atoms with Gasteiger partial charge in [-0.25, -0.2) is 4.39 Å². The number of carbonyl (C=O) groups excluding carboxylic acids is 1. The van der Waals surface area contributed by atoms with Crippen molar-refractivity contribution in [2.75, 3.05) is 18.4 Å². The van der Waals surface area contributed by atoms with Gasteiger partial charge in [0.05, 0.1) is 0 Å². The summed E-state index contributed by atoms with van der Waals surface area (Å²) in [5.41, 5.74) is 1.24. The number of hydrogen-bond acceptors (Lipinski definition) is 4. The fourth-order valence-electron chi connectivity index (χ4n) is 1.92. The minimum atomic E-state index is -0.268. The van der Waals surface area contributed by atoms with Gasteiger partial charge in [0.2, 0.25) is 0 Å². The number of carbonyl (C=O) groups is 1. The van der Waals surface area contributed by atoms with Crippen LogP contribution in [0.2, 0.25) is 0 Å². The lowest BCUT2D eigenvalue weighted by molar-refractivity contribution is 0.0948. The summed E-state index contributed by atoms with van der Waals surface area (Å²) in [5, 5.41) is 13.8. The SMILES string of the molecule is CC(C)CNc1ccc(C(=O)NCCc2ccc(F)cc2)nn1. The van der Waals surface area contributed by atoms with Crippen molar-refractivity contribution in [3.63, 3.8) is 0 Å². The van der Waals surface area contributed by atoms with Crippen LogP contribution in [0.3, 0.4) is 0 Å². The van der Waals surface area contributed by atoms with Gasteiger partial charge in [-0.2, -0.15) is 0 Å². The highest BCUT2D eigenvalue weighted by Gasteiger charge is 2.08. The van der Waals surface area contributed by atoms with Gasteiger partial charge < -0.3 is 10.6 Å². The Hall–Kier alpha value is -2.50. The number of amides is 1. The summed E-state index contributed by atoms with van der Waals surface area (Å²) in [7, 11) is 0. The molecule has 2 rings (SSSR count). The maximum atomic E-state index is 12.8. The molecule has 1 amide bonds. The van der Waals surface area contributed by atoms with Gasteiger partial charge in [0, 0.05) is 13.1 Å². The van der Waals surface area contributed by atoms with Crippen LogP contribution in [0.4, 0.5) is 10.2 Å². The molecule has 1 aromatic heterocycles. The molecule has 0 aliphatic heterocycles. The summed E-state index contributed by atoms with van der Waals surface area (Å²) in [5.74, 6) is 0.627. The van der Waals surface area contributed by atoms with Crippen LogP contribution in [0.25, 0.3) is 0 Å². The van der Waals surface area contributed by atoms with E-state index in [1.54, 1.807) is 24.3 Å². The number of nitrogens with one attached hydrogen (secondary N) is 2. The van der Waals surface area contributed by atoms with Crippen LogP contribution in [0.5, 0.6) is 0 Å². The van der Waals surface area contributed by atoms with Gasteiger partial charge in [0.15, 0.2) is 5.69 Å². The molecule has 1 heterocycles. The fourth-order valence-corrected chi connectivity index (χ4v) is 1.92. The van der Waals surface area contributed by atoms with Crippen LogP contribution < -0.4 is 10.6 Å². The summed E-state index contributed by atoms with van der Waals surface area (Å²) in [6.07, 6.45) is 0.632. The molecular formula is C17H21FN4O. The molecule has 0 fully saturated rings. The normalized spacial score (nSPS) is 10.6. The van der Waals surface area contributed by atoms with Crippen molar-refractivity contribution in [3.05, 3.63) is 53.5 Å². The maximum absolute atomic E-state index is 12.8. The summed E-state index contributed by atoms with van der Waals surface area (Å²) in [6, 6.07) is 9.61.